The maximum Gasteiger partial charge on any atom is 0.265 e. The van der Waals surface area contributed by atoms with Crippen LogP contribution in [0.3, 0.4) is 0 Å². The topological polar surface area (TPSA) is 80.0 Å². The molecule has 5 nitrogen and oxygen atoms in total. The third-order valence-electron chi connectivity index (χ3n) is 2.19. The van der Waals surface area contributed by atoms with Gasteiger partial charge in [-0.1, -0.05) is 18.3 Å². The Hall–Kier alpha value is -1.74. The number of nitrogens with one attached hydrogen (secondary N) is 2. The summed E-state index contributed by atoms with van der Waals surface area (Å²) in [6.07, 6.45) is 6.66. The molecular formula is C12H18N4OS. The predicted molar refractivity (Wildman–Crippen MR) is 75.7 cm³/mol. The number of carbonyl (C=O) groups is 1. The van der Waals surface area contributed by atoms with Crippen molar-refractivity contribution in [2.45, 2.75) is 32.7 Å². The van der Waals surface area contributed by atoms with E-state index in [1.165, 1.54) is 11.3 Å². The largest absolute Gasteiger partial charge is 0.382 e. The predicted octanol–water partition coefficient (Wildman–Crippen LogP) is 1.69. The van der Waals surface area contributed by atoms with Crippen molar-refractivity contribution in [1.82, 2.24) is 10.3 Å². The van der Waals surface area contributed by atoms with Gasteiger partial charge in [-0.25, -0.2) is 4.98 Å². The Kier molecular flexibility index (Phi) is 5.46. The van der Waals surface area contributed by atoms with Gasteiger partial charge in [0.1, 0.15) is 10.7 Å². The molecule has 98 valence electrons. The maximum atomic E-state index is 11.9. The average Bonchev–Trinajstić information content (AvgIpc) is 2.68. The zero-order chi connectivity index (χ0) is 13.5. The zero-order valence-corrected chi connectivity index (χ0v) is 11.4. The minimum atomic E-state index is -0.225. The van der Waals surface area contributed by atoms with Crippen LogP contribution in [0.15, 0.2) is 0 Å². The molecule has 4 N–H and O–H groups in total. The van der Waals surface area contributed by atoms with E-state index in [1.807, 2.05) is 6.92 Å². The molecule has 18 heavy (non-hydrogen) atoms. The summed E-state index contributed by atoms with van der Waals surface area (Å²) in [5.74, 6) is 2.53. The molecule has 0 radical (unpaired) electrons. The molecule has 0 aliphatic heterocycles. The molecule has 1 aromatic heterocycles. The highest BCUT2D eigenvalue weighted by Crippen LogP contribution is 2.24. The Labute approximate surface area is 111 Å². The monoisotopic (exact) mass is 266 g/mol. The van der Waals surface area contributed by atoms with Crippen LogP contribution in [0.1, 0.15) is 36.4 Å². The molecule has 0 aliphatic rings. The molecule has 1 heterocycles. The molecule has 1 amide bonds. The lowest BCUT2D eigenvalue weighted by Crippen LogP contribution is -2.32. The molecule has 0 aliphatic carbocycles. The van der Waals surface area contributed by atoms with Crippen molar-refractivity contribution in [1.29, 1.82) is 0 Å². The van der Waals surface area contributed by atoms with Crippen molar-refractivity contribution in [3.05, 3.63) is 4.88 Å². The summed E-state index contributed by atoms with van der Waals surface area (Å²) >= 11 is 1.26. The minimum absolute atomic E-state index is 0.0731. The molecule has 0 spiro atoms. The van der Waals surface area contributed by atoms with E-state index in [-0.39, 0.29) is 17.8 Å². The minimum Gasteiger partial charge on any atom is -0.382 e. The standard InChI is InChI=1S/C12H18N4OS/c1-4-6-8(3)15-11(17)9-10(13)16-12(18-9)14-7-5-2/h1,8H,5-7,13H2,2-3H3,(H,14,16)(H,15,17). The van der Waals surface area contributed by atoms with E-state index in [0.29, 0.717) is 16.4 Å². The van der Waals surface area contributed by atoms with Crippen LogP contribution in [0.2, 0.25) is 0 Å². The second-order valence-electron chi connectivity index (χ2n) is 3.94. The second kappa shape index (κ2) is 6.87. The first-order chi connectivity index (χ1) is 8.58. The molecule has 1 unspecified atom stereocenters. The van der Waals surface area contributed by atoms with Crippen LogP contribution in [0.5, 0.6) is 0 Å². The van der Waals surface area contributed by atoms with Gasteiger partial charge in [0.05, 0.1) is 0 Å². The fraction of sp³-hybridized carbons (Fsp3) is 0.500. The van der Waals surface area contributed by atoms with Crippen molar-refractivity contribution in [2.75, 3.05) is 17.6 Å². The summed E-state index contributed by atoms with van der Waals surface area (Å²) in [5.41, 5.74) is 5.72. The van der Waals surface area contributed by atoms with E-state index >= 15 is 0 Å². The Morgan fingerprint density at radius 1 is 1.67 bits per heavy atom. The Balaban J connectivity index is 2.68. The van der Waals surface area contributed by atoms with Crippen LogP contribution >= 0.6 is 11.3 Å². The Bertz CT molecular complexity index is 449. The zero-order valence-electron chi connectivity index (χ0n) is 10.6. The van der Waals surface area contributed by atoms with E-state index in [4.69, 9.17) is 12.2 Å². The van der Waals surface area contributed by atoms with Gasteiger partial charge >= 0.3 is 0 Å². The Morgan fingerprint density at radius 3 is 3.00 bits per heavy atom. The van der Waals surface area contributed by atoms with Crippen LogP contribution in [0.4, 0.5) is 10.9 Å². The smallest absolute Gasteiger partial charge is 0.265 e. The van der Waals surface area contributed by atoms with E-state index < -0.39 is 0 Å². The molecule has 0 saturated carbocycles. The van der Waals surface area contributed by atoms with Gasteiger partial charge in [-0.05, 0) is 13.3 Å². The van der Waals surface area contributed by atoms with Crippen molar-refractivity contribution < 1.29 is 4.79 Å². The van der Waals surface area contributed by atoms with Gasteiger partial charge in [-0.3, -0.25) is 4.79 Å². The van der Waals surface area contributed by atoms with Crippen LogP contribution in [-0.4, -0.2) is 23.5 Å². The summed E-state index contributed by atoms with van der Waals surface area (Å²) in [6.45, 7) is 4.71. The van der Waals surface area contributed by atoms with Crippen molar-refractivity contribution in [3.63, 3.8) is 0 Å². The number of carbonyl (C=O) groups excluding carboxylic acids is 1. The average molecular weight is 266 g/mol. The van der Waals surface area contributed by atoms with E-state index in [2.05, 4.69) is 28.5 Å². The molecule has 1 rings (SSSR count). The lowest BCUT2D eigenvalue weighted by atomic mass is 10.2. The van der Waals surface area contributed by atoms with Gasteiger partial charge in [0.15, 0.2) is 5.13 Å². The van der Waals surface area contributed by atoms with Gasteiger partial charge in [-0.15, -0.1) is 12.3 Å². The number of anilines is 2. The number of nitrogens with zero attached hydrogens (tertiary/aromatic N) is 1. The first kappa shape index (κ1) is 14.3. The molecule has 1 atom stereocenters. The molecule has 1 aromatic rings. The van der Waals surface area contributed by atoms with Gasteiger partial charge in [0.2, 0.25) is 0 Å². The van der Waals surface area contributed by atoms with Gasteiger partial charge in [0.25, 0.3) is 5.91 Å². The summed E-state index contributed by atoms with van der Waals surface area (Å²) in [4.78, 5) is 16.5. The fourth-order valence-electron chi connectivity index (χ4n) is 1.32. The third-order valence-corrected chi connectivity index (χ3v) is 3.21. The summed E-state index contributed by atoms with van der Waals surface area (Å²) in [6, 6.07) is -0.0731. The third kappa shape index (κ3) is 3.93. The fourth-order valence-corrected chi connectivity index (χ4v) is 2.13. The number of hydrogen-bond donors (Lipinski definition) is 3. The number of hydrogen-bond acceptors (Lipinski definition) is 5. The van der Waals surface area contributed by atoms with Crippen molar-refractivity contribution in [2.24, 2.45) is 0 Å². The number of nitrogens with two attached hydrogens (primary N) is 1. The summed E-state index contributed by atoms with van der Waals surface area (Å²) in [5, 5.41) is 6.56. The number of nitrogen functional groups attached to an aromatic ring is 1. The van der Waals surface area contributed by atoms with E-state index in [1.54, 1.807) is 0 Å². The number of rotatable bonds is 6. The van der Waals surface area contributed by atoms with Crippen molar-refractivity contribution >= 4 is 28.2 Å². The molecule has 0 aromatic carbocycles. The van der Waals surface area contributed by atoms with Crippen LogP contribution < -0.4 is 16.4 Å². The molecular weight excluding hydrogens is 248 g/mol. The van der Waals surface area contributed by atoms with Crippen molar-refractivity contribution in [3.8, 4) is 12.3 Å². The summed E-state index contributed by atoms with van der Waals surface area (Å²) in [7, 11) is 0. The Morgan fingerprint density at radius 2 is 2.39 bits per heavy atom. The number of terminal acetylenes is 1. The highest BCUT2D eigenvalue weighted by molar-refractivity contribution is 7.18. The van der Waals surface area contributed by atoms with Gasteiger partial charge in [-0.2, -0.15) is 0 Å². The lowest BCUT2D eigenvalue weighted by Gasteiger charge is -2.09. The first-order valence-electron chi connectivity index (χ1n) is 5.83. The SMILES string of the molecule is C#CCC(C)NC(=O)c1sc(NCCC)nc1N. The van der Waals surface area contributed by atoms with Crippen LogP contribution in [0.25, 0.3) is 0 Å². The lowest BCUT2D eigenvalue weighted by molar-refractivity contribution is 0.0945. The van der Waals surface area contributed by atoms with Crippen LogP contribution in [-0.2, 0) is 0 Å². The number of amides is 1. The summed E-state index contributed by atoms with van der Waals surface area (Å²) < 4.78 is 0. The molecule has 0 saturated heterocycles. The number of thiazole rings is 1. The van der Waals surface area contributed by atoms with Crippen LogP contribution in [0, 0.1) is 12.3 Å². The van der Waals surface area contributed by atoms with Gasteiger partial charge < -0.3 is 16.4 Å². The quantitative estimate of drug-likeness (QED) is 0.684. The van der Waals surface area contributed by atoms with E-state index in [9.17, 15) is 4.79 Å². The maximum absolute atomic E-state index is 11.9. The van der Waals surface area contributed by atoms with Gasteiger partial charge in [0, 0.05) is 19.0 Å². The normalized spacial score (nSPS) is 11.6. The number of aromatic nitrogens is 1. The second-order valence-corrected chi connectivity index (χ2v) is 4.94. The molecule has 0 bridgehead atoms. The first-order valence-corrected chi connectivity index (χ1v) is 6.64. The molecule has 6 heteroatoms. The molecule has 0 fully saturated rings. The van der Waals surface area contributed by atoms with E-state index in [0.717, 1.165) is 13.0 Å². The highest BCUT2D eigenvalue weighted by Gasteiger charge is 2.17. The highest BCUT2D eigenvalue weighted by atomic mass is 32.1.